The fourth-order valence-electron chi connectivity index (χ4n) is 1.16. The largest absolute Gasteiger partial charge is 0.417 e. The summed E-state index contributed by atoms with van der Waals surface area (Å²) in [6, 6.07) is 1.00. The minimum absolute atomic E-state index is 0.308. The van der Waals surface area contributed by atoms with Gasteiger partial charge in [-0.2, -0.15) is 13.2 Å². The van der Waals surface area contributed by atoms with Gasteiger partial charge >= 0.3 is 6.18 Å². The maximum atomic E-state index is 12.4. The third-order valence-corrected chi connectivity index (χ3v) is 2.56. The number of hydrogen-bond acceptors (Lipinski definition) is 4. The molecule has 0 aliphatic rings. The van der Waals surface area contributed by atoms with E-state index in [1.54, 1.807) is 5.38 Å². The maximum Gasteiger partial charge on any atom is 0.417 e. The van der Waals surface area contributed by atoms with Crippen molar-refractivity contribution in [3.63, 3.8) is 0 Å². The Hall–Kier alpha value is -1.63. The van der Waals surface area contributed by atoms with Gasteiger partial charge in [-0.1, -0.05) is 0 Å². The number of nitrogens with two attached hydrogens (primary N) is 1. The highest BCUT2D eigenvalue weighted by Gasteiger charge is 2.31. The van der Waals surface area contributed by atoms with Crippen molar-refractivity contribution in [2.45, 2.75) is 6.18 Å². The summed E-state index contributed by atoms with van der Waals surface area (Å²) in [5.41, 5.74) is 5.32. The summed E-state index contributed by atoms with van der Waals surface area (Å²) in [6.07, 6.45) is -2.30. The fourth-order valence-corrected chi connectivity index (χ4v) is 1.73. The lowest BCUT2D eigenvalue weighted by atomic mass is 10.1. The predicted molar refractivity (Wildman–Crippen MR) is 54.8 cm³/mol. The quantitative estimate of drug-likeness (QED) is 0.840. The SMILES string of the molecule is Nc1nc(-c2cncc(C(F)(F)F)c2)cs1. The molecule has 7 heteroatoms. The van der Waals surface area contributed by atoms with Crippen molar-refractivity contribution < 1.29 is 13.2 Å². The van der Waals surface area contributed by atoms with Gasteiger partial charge < -0.3 is 5.73 Å². The number of nitrogen functional groups attached to an aromatic ring is 1. The first-order valence-corrected chi connectivity index (χ1v) is 5.08. The highest BCUT2D eigenvalue weighted by molar-refractivity contribution is 7.13. The summed E-state index contributed by atoms with van der Waals surface area (Å²) in [4.78, 5) is 7.43. The van der Waals surface area contributed by atoms with Gasteiger partial charge in [0.15, 0.2) is 5.13 Å². The number of anilines is 1. The van der Waals surface area contributed by atoms with Crippen LogP contribution in [0.15, 0.2) is 23.8 Å². The average molecular weight is 245 g/mol. The molecule has 2 N–H and O–H groups in total. The van der Waals surface area contributed by atoms with E-state index in [1.165, 1.54) is 17.5 Å². The summed E-state index contributed by atoms with van der Waals surface area (Å²) in [5.74, 6) is 0. The Kier molecular flexibility index (Phi) is 2.55. The first kappa shape index (κ1) is 10.9. The van der Waals surface area contributed by atoms with Crippen LogP contribution in [0.1, 0.15) is 5.56 Å². The normalized spacial score (nSPS) is 11.7. The van der Waals surface area contributed by atoms with E-state index in [4.69, 9.17) is 5.73 Å². The monoisotopic (exact) mass is 245 g/mol. The molecule has 0 fully saturated rings. The summed E-state index contributed by atoms with van der Waals surface area (Å²) < 4.78 is 37.2. The van der Waals surface area contributed by atoms with Gasteiger partial charge in [-0.15, -0.1) is 11.3 Å². The second kappa shape index (κ2) is 3.75. The number of aromatic nitrogens is 2. The molecule has 2 rings (SSSR count). The van der Waals surface area contributed by atoms with Gasteiger partial charge in [0.25, 0.3) is 0 Å². The standard InChI is InChI=1S/C9H6F3N3S/c10-9(11,12)6-1-5(2-14-3-6)7-4-16-8(13)15-7/h1-4H,(H2,13,15). The van der Waals surface area contributed by atoms with Crippen molar-refractivity contribution in [1.82, 2.24) is 9.97 Å². The third-order valence-electron chi connectivity index (χ3n) is 1.88. The van der Waals surface area contributed by atoms with Crippen molar-refractivity contribution in [2.75, 3.05) is 5.73 Å². The van der Waals surface area contributed by atoms with Crippen LogP contribution in [0.25, 0.3) is 11.3 Å². The molecule has 0 bridgehead atoms. The highest BCUT2D eigenvalue weighted by Crippen LogP contribution is 2.31. The Morgan fingerprint density at radius 1 is 1.25 bits per heavy atom. The molecule has 3 nitrogen and oxygen atoms in total. The van der Waals surface area contributed by atoms with Crippen molar-refractivity contribution >= 4 is 16.5 Å². The molecule has 0 spiro atoms. The van der Waals surface area contributed by atoms with Crippen LogP contribution in [0.2, 0.25) is 0 Å². The molecule has 0 atom stereocenters. The molecular formula is C9H6F3N3S. The van der Waals surface area contributed by atoms with Gasteiger partial charge in [0, 0.05) is 23.3 Å². The molecule has 2 aromatic heterocycles. The minimum atomic E-state index is -4.40. The molecular weight excluding hydrogens is 239 g/mol. The van der Waals surface area contributed by atoms with Gasteiger partial charge in [-0.05, 0) is 6.07 Å². The van der Waals surface area contributed by atoms with E-state index in [2.05, 4.69) is 9.97 Å². The summed E-state index contributed by atoms with van der Waals surface area (Å²) in [6.45, 7) is 0. The van der Waals surface area contributed by atoms with E-state index >= 15 is 0 Å². The Bertz CT molecular complexity index is 507. The van der Waals surface area contributed by atoms with E-state index in [0.29, 0.717) is 16.4 Å². The molecule has 84 valence electrons. The molecule has 2 heterocycles. The number of nitrogens with zero attached hydrogens (tertiary/aromatic N) is 2. The average Bonchev–Trinajstić information content (AvgIpc) is 2.64. The molecule has 0 saturated carbocycles. The van der Waals surface area contributed by atoms with Crippen LogP contribution in [-0.2, 0) is 6.18 Å². The van der Waals surface area contributed by atoms with Crippen molar-refractivity contribution in [3.8, 4) is 11.3 Å². The van der Waals surface area contributed by atoms with Crippen LogP contribution in [0.3, 0.4) is 0 Å². The maximum absolute atomic E-state index is 12.4. The third kappa shape index (κ3) is 2.13. The first-order chi connectivity index (χ1) is 7.47. The molecule has 16 heavy (non-hydrogen) atoms. The molecule has 0 aliphatic carbocycles. The predicted octanol–water partition coefficient (Wildman–Crippen LogP) is 2.81. The topological polar surface area (TPSA) is 51.8 Å². The zero-order valence-electron chi connectivity index (χ0n) is 7.82. The van der Waals surface area contributed by atoms with Gasteiger partial charge in [0.2, 0.25) is 0 Å². The van der Waals surface area contributed by atoms with E-state index < -0.39 is 11.7 Å². The summed E-state index contributed by atoms with van der Waals surface area (Å²) >= 11 is 1.17. The van der Waals surface area contributed by atoms with Gasteiger partial charge in [0.05, 0.1) is 11.3 Å². The number of halogens is 3. The van der Waals surface area contributed by atoms with Crippen LogP contribution < -0.4 is 5.73 Å². The van der Waals surface area contributed by atoms with Crippen molar-refractivity contribution in [1.29, 1.82) is 0 Å². The second-order valence-electron chi connectivity index (χ2n) is 3.03. The zero-order chi connectivity index (χ0) is 11.8. The highest BCUT2D eigenvalue weighted by atomic mass is 32.1. The second-order valence-corrected chi connectivity index (χ2v) is 3.92. The molecule has 0 aliphatic heterocycles. The molecule has 0 unspecified atom stereocenters. The van der Waals surface area contributed by atoms with Gasteiger partial charge in [0.1, 0.15) is 0 Å². The Balaban J connectivity index is 2.44. The first-order valence-electron chi connectivity index (χ1n) is 4.20. The number of hydrogen-bond donors (Lipinski definition) is 1. The fraction of sp³-hybridized carbons (Fsp3) is 0.111. The van der Waals surface area contributed by atoms with Crippen LogP contribution in [0.4, 0.5) is 18.3 Å². The Labute approximate surface area is 92.8 Å². The lowest BCUT2D eigenvalue weighted by Gasteiger charge is -2.06. The molecule has 0 aromatic carbocycles. The lowest BCUT2D eigenvalue weighted by molar-refractivity contribution is -0.137. The smallest absolute Gasteiger partial charge is 0.375 e. The van der Waals surface area contributed by atoms with E-state index in [-0.39, 0.29) is 0 Å². The number of pyridine rings is 1. The summed E-state index contributed by atoms with van der Waals surface area (Å²) in [7, 11) is 0. The number of alkyl halides is 3. The van der Waals surface area contributed by atoms with Crippen molar-refractivity contribution in [3.05, 3.63) is 29.4 Å². The summed E-state index contributed by atoms with van der Waals surface area (Å²) in [5, 5.41) is 1.90. The minimum Gasteiger partial charge on any atom is -0.375 e. The van der Waals surface area contributed by atoms with Crippen LogP contribution in [0.5, 0.6) is 0 Å². The van der Waals surface area contributed by atoms with Crippen LogP contribution >= 0.6 is 11.3 Å². The number of rotatable bonds is 1. The molecule has 0 saturated heterocycles. The zero-order valence-corrected chi connectivity index (χ0v) is 8.64. The molecule has 0 amide bonds. The van der Waals surface area contributed by atoms with Gasteiger partial charge in [-0.3, -0.25) is 4.98 Å². The number of thiazole rings is 1. The van der Waals surface area contributed by atoms with Crippen LogP contribution in [-0.4, -0.2) is 9.97 Å². The Morgan fingerprint density at radius 2 is 2.00 bits per heavy atom. The lowest BCUT2D eigenvalue weighted by Crippen LogP contribution is -2.05. The van der Waals surface area contributed by atoms with Gasteiger partial charge in [-0.25, -0.2) is 4.98 Å². The van der Waals surface area contributed by atoms with Crippen molar-refractivity contribution in [2.24, 2.45) is 0 Å². The Morgan fingerprint density at radius 3 is 2.56 bits per heavy atom. The van der Waals surface area contributed by atoms with Crippen LogP contribution in [0, 0.1) is 0 Å². The molecule has 0 radical (unpaired) electrons. The van der Waals surface area contributed by atoms with E-state index in [0.717, 1.165) is 12.3 Å². The molecule has 2 aromatic rings. The van der Waals surface area contributed by atoms with E-state index in [1.807, 2.05) is 0 Å². The van der Waals surface area contributed by atoms with E-state index in [9.17, 15) is 13.2 Å².